The van der Waals surface area contributed by atoms with Gasteiger partial charge in [-0.25, -0.2) is 0 Å². The summed E-state index contributed by atoms with van der Waals surface area (Å²) in [7, 11) is 0. The maximum atomic E-state index is 12.1. The lowest BCUT2D eigenvalue weighted by Gasteiger charge is -2.60. The largest absolute Gasteiger partial charge is 0.381 e. The SMILES string of the molecule is OC(C(Br)(Br)Br)(C(Br)(Br)Br)C(Br)(Br)C(Br)(Br)C(Br)(Br)C(Br)(Br)C(Br)(Br)C(Br)(Br)C(Br)(Br)Br. The molecule has 1 N–H and O–H groups in total. The summed E-state index contributed by atoms with van der Waals surface area (Å²) in [6.45, 7) is 0. The Morgan fingerprint density at radius 1 is 0.250 bits per heavy atom. The minimum absolute atomic E-state index is 0.856. The molecule has 22 heteroatoms. The normalized spacial score (nSPS) is 17.1. The van der Waals surface area contributed by atoms with Crippen molar-refractivity contribution in [1.82, 2.24) is 0 Å². The molecule has 194 valence electrons. The van der Waals surface area contributed by atoms with E-state index in [1.807, 2.05) is 0 Å². The Labute approximate surface area is 362 Å². The van der Waals surface area contributed by atoms with Crippen molar-refractivity contribution in [2.45, 2.75) is 31.4 Å². The van der Waals surface area contributed by atoms with Crippen LogP contribution in [0.25, 0.3) is 0 Å². The predicted octanol–water partition coefficient (Wildman–Crippen LogP) is 15.1. The molecule has 0 rings (SSSR count). The van der Waals surface area contributed by atoms with E-state index in [9.17, 15) is 5.11 Å². The third-order valence-corrected chi connectivity index (χ3v) is 36.9. The molecular formula is C10HBr21O. The lowest BCUT2D eigenvalue weighted by atomic mass is 9.98. The Morgan fingerprint density at radius 3 is 0.625 bits per heavy atom. The van der Waals surface area contributed by atoms with Crippen LogP contribution in [0.15, 0.2) is 0 Å². The van der Waals surface area contributed by atoms with Crippen LogP contribution in [0.4, 0.5) is 0 Å². The van der Waals surface area contributed by atoms with Gasteiger partial charge in [-0.2, -0.15) is 0 Å². The first-order valence-corrected chi connectivity index (χ1v) is 23.1. The second-order valence-electron chi connectivity index (χ2n) is 5.65. The molecule has 0 aromatic rings. The van der Waals surface area contributed by atoms with Gasteiger partial charge in [-0.1, -0.05) is 335 Å². The molecule has 1 nitrogen and oxygen atoms in total. The Balaban J connectivity index is 7.19. The van der Waals surface area contributed by atoms with E-state index in [-0.39, 0.29) is 0 Å². The molecule has 0 aliphatic heterocycles. The number of aliphatic hydroxyl groups is 1. The molecular weight excluding hydrogens is 1810 g/mol. The highest BCUT2D eigenvalue weighted by Crippen LogP contribution is 2.79. The molecule has 0 aliphatic rings. The second-order valence-corrected chi connectivity index (χ2v) is 46.6. The third-order valence-electron chi connectivity index (χ3n) is 3.60. The molecule has 0 saturated heterocycles. The fourth-order valence-corrected chi connectivity index (χ4v) is 24.7. The summed E-state index contributed by atoms with van der Waals surface area (Å²) >= 11 is 76.5. The molecule has 32 heavy (non-hydrogen) atoms. The van der Waals surface area contributed by atoms with Crippen molar-refractivity contribution in [3.63, 3.8) is 0 Å². The van der Waals surface area contributed by atoms with Crippen LogP contribution in [0.2, 0.25) is 0 Å². The Hall–Kier alpha value is 10.0. The molecule has 0 aromatic heterocycles. The standard InChI is InChI=1S/C10HBr21O/c11-2(12,1(32,8(23,24)25)9(26,27)28)3(13,14)4(15,16)5(17,18)6(19,20)7(21,22)10(29,30)31/h32H. The molecule has 0 saturated carbocycles. The van der Waals surface area contributed by atoms with Gasteiger partial charge in [0.15, 0.2) is 12.0 Å². The van der Waals surface area contributed by atoms with E-state index in [0.29, 0.717) is 0 Å². The van der Waals surface area contributed by atoms with E-state index >= 15 is 0 Å². The summed E-state index contributed by atoms with van der Waals surface area (Å²) in [4.78, 5) is 0. The number of hydrogen-bond donors (Lipinski definition) is 1. The first-order chi connectivity index (χ1) is 13.2. The van der Waals surface area contributed by atoms with Gasteiger partial charge in [-0.05, 0) is 0 Å². The van der Waals surface area contributed by atoms with Gasteiger partial charge in [0.25, 0.3) is 0 Å². The number of hydrogen-bond acceptors (Lipinski definition) is 1. The van der Waals surface area contributed by atoms with E-state index in [4.69, 9.17) is 0 Å². The number of alkyl halides is 21. The topological polar surface area (TPSA) is 20.2 Å². The lowest BCUT2D eigenvalue weighted by Crippen LogP contribution is -2.74. The van der Waals surface area contributed by atoms with Gasteiger partial charge in [0.05, 0.1) is 0 Å². The van der Waals surface area contributed by atoms with Gasteiger partial charge in [-0.3, -0.25) is 0 Å². The predicted molar refractivity (Wildman–Crippen MR) is 217 cm³/mol. The van der Waals surface area contributed by atoms with Crippen LogP contribution in [-0.2, 0) is 0 Å². The Kier molecular flexibility index (Phi) is 17.6. The second kappa shape index (κ2) is 13.4. The van der Waals surface area contributed by atoms with Crippen LogP contribution in [0.1, 0.15) is 0 Å². The molecule has 0 aromatic carbocycles. The van der Waals surface area contributed by atoms with Crippen molar-refractivity contribution in [1.29, 1.82) is 0 Å². The average Bonchev–Trinajstić information content (AvgIpc) is 2.49. The molecule has 0 bridgehead atoms. The van der Waals surface area contributed by atoms with Crippen molar-refractivity contribution >= 4 is 335 Å². The zero-order valence-corrected chi connectivity index (χ0v) is 46.7. The minimum atomic E-state index is -1.83. The van der Waals surface area contributed by atoms with E-state index < -0.39 is 31.4 Å². The summed E-state index contributed by atoms with van der Waals surface area (Å²) in [6.07, 6.45) is 0. The fourth-order valence-electron chi connectivity index (χ4n) is 1.71. The molecule has 0 fully saturated rings. The maximum absolute atomic E-state index is 12.1. The highest BCUT2D eigenvalue weighted by atomic mass is 80.0. The summed E-state index contributed by atoms with van der Waals surface area (Å²) in [6, 6.07) is 0. The number of halogens is 21. The molecule has 0 unspecified atom stereocenters. The minimum Gasteiger partial charge on any atom is -0.381 e. The van der Waals surface area contributed by atoms with Gasteiger partial charge < -0.3 is 5.11 Å². The molecule has 0 aliphatic carbocycles. The molecule has 0 atom stereocenters. The Bertz CT molecular complexity index is 675. The van der Waals surface area contributed by atoms with E-state index in [1.54, 1.807) is 0 Å². The van der Waals surface area contributed by atoms with Crippen molar-refractivity contribution in [3.8, 4) is 0 Å². The van der Waals surface area contributed by atoms with E-state index in [1.165, 1.54) is 0 Å². The van der Waals surface area contributed by atoms with Crippen LogP contribution in [0.3, 0.4) is 0 Å². The highest BCUT2D eigenvalue weighted by Gasteiger charge is 2.81. The van der Waals surface area contributed by atoms with Crippen LogP contribution < -0.4 is 0 Å². The van der Waals surface area contributed by atoms with Crippen molar-refractivity contribution < 1.29 is 5.11 Å². The zero-order valence-electron chi connectivity index (χ0n) is 13.4. The van der Waals surface area contributed by atoms with Crippen molar-refractivity contribution in [2.24, 2.45) is 0 Å². The molecule has 0 radical (unpaired) electrons. The van der Waals surface area contributed by atoms with E-state index in [2.05, 4.69) is 335 Å². The fraction of sp³-hybridized carbons (Fsp3) is 1.00. The number of rotatable bonds is 6. The van der Waals surface area contributed by atoms with Crippen LogP contribution in [0, 0.1) is 0 Å². The van der Waals surface area contributed by atoms with Gasteiger partial charge >= 0.3 is 0 Å². The van der Waals surface area contributed by atoms with Crippen molar-refractivity contribution in [2.75, 3.05) is 0 Å². The highest BCUT2D eigenvalue weighted by molar-refractivity contribution is 9.43. The van der Waals surface area contributed by atoms with Crippen LogP contribution in [0.5, 0.6) is 0 Å². The quantitative estimate of drug-likeness (QED) is 0.263. The summed E-state index contributed by atoms with van der Waals surface area (Å²) in [5.74, 6) is 0. The van der Waals surface area contributed by atoms with Gasteiger partial charge in [0, 0.05) is 0 Å². The zero-order chi connectivity index (χ0) is 27.0. The third kappa shape index (κ3) is 7.36. The molecule has 0 spiro atoms. The van der Waals surface area contributed by atoms with Gasteiger partial charge in [0.1, 0.15) is 19.4 Å². The van der Waals surface area contributed by atoms with Gasteiger partial charge in [0.2, 0.25) is 0 Å². The van der Waals surface area contributed by atoms with Crippen molar-refractivity contribution in [3.05, 3.63) is 0 Å². The maximum Gasteiger partial charge on any atom is 0.168 e. The van der Waals surface area contributed by atoms with Crippen LogP contribution >= 0.6 is 335 Å². The molecule has 0 amide bonds. The monoisotopic (exact) mass is 1790 g/mol. The first-order valence-electron chi connectivity index (χ1n) is 6.44. The molecule has 0 heterocycles. The summed E-state index contributed by atoms with van der Waals surface area (Å²) < 4.78 is -10.6. The van der Waals surface area contributed by atoms with Gasteiger partial charge in [-0.15, -0.1) is 0 Å². The average molecular weight is 1820 g/mol. The smallest absolute Gasteiger partial charge is 0.168 e. The van der Waals surface area contributed by atoms with Crippen LogP contribution in [-0.4, -0.2) is 36.5 Å². The lowest BCUT2D eigenvalue weighted by molar-refractivity contribution is 0.0569. The Morgan fingerprint density at radius 2 is 0.438 bits per heavy atom. The van der Waals surface area contributed by atoms with E-state index in [0.717, 1.165) is 0 Å². The summed E-state index contributed by atoms with van der Waals surface area (Å²) in [5.41, 5.74) is -1.83. The summed E-state index contributed by atoms with van der Waals surface area (Å²) in [5, 5.41) is 12.1. The first kappa shape index (κ1) is 42.0.